The molecule has 2 aromatic carbocycles. The topological polar surface area (TPSA) is 34.1 Å². The fourth-order valence-electron chi connectivity index (χ4n) is 1.39. The highest BCUT2D eigenvalue weighted by molar-refractivity contribution is 6.35. The maximum Gasteiger partial charge on any atom is 0.195 e. The van der Waals surface area contributed by atoms with Crippen LogP contribution in [0.1, 0.15) is 19.4 Å². The molecule has 0 bridgehead atoms. The van der Waals surface area contributed by atoms with Crippen molar-refractivity contribution >= 4 is 22.3 Å². The van der Waals surface area contributed by atoms with Gasteiger partial charge in [-0.05, 0) is 23.3 Å². The van der Waals surface area contributed by atoms with E-state index in [9.17, 15) is 9.59 Å². The Morgan fingerprint density at radius 1 is 0.824 bits per heavy atom. The van der Waals surface area contributed by atoms with Gasteiger partial charge in [0.1, 0.15) is 0 Å². The Balaban J connectivity index is 0.000000209. The van der Waals surface area contributed by atoms with Crippen LogP contribution in [0, 0.1) is 6.92 Å². The van der Waals surface area contributed by atoms with Gasteiger partial charge in [-0.15, -0.1) is 0 Å². The van der Waals surface area contributed by atoms with Gasteiger partial charge in [-0.3, -0.25) is 9.59 Å². The Morgan fingerprint density at radius 3 is 1.88 bits per heavy atom. The van der Waals surface area contributed by atoms with Crippen molar-refractivity contribution in [3.05, 3.63) is 48.0 Å². The lowest BCUT2D eigenvalue weighted by Gasteiger charge is -1.98. The number of hydrogen-bond donors (Lipinski definition) is 0. The molecule has 0 fully saturated rings. The average molecular weight is 228 g/mol. The van der Waals surface area contributed by atoms with Crippen LogP contribution in [0.4, 0.5) is 0 Å². The SMILES string of the molecule is CC(=O)C(C)=O.Cc1cccc2ccccc12. The molecular formula is C15H16O2. The summed E-state index contributed by atoms with van der Waals surface area (Å²) in [5.41, 5.74) is 1.35. The molecule has 0 saturated heterocycles. The second kappa shape index (κ2) is 5.94. The number of aryl methyl sites for hydroxylation is 1. The van der Waals surface area contributed by atoms with Crippen molar-refractivity contribution in [1.29, 1.82) is 0 Å². The summed E-state index contributed by atoms with van der Waals surface area (Å²) in [4.78, 5) is 19.6. The van der Waals surface area contributed by atoms with Crippen LogP contribution in [0.25, 0.3) is 10.8 Å². The van der Waals surface area contributed by atoms with E-state index in [4.69, 9.17) is 0 Å². The van der Waals surface area contributed by atoms with Crippen LogP contribution >= 0.6 is 0 Å². The fraction of sp³-hybridized carbons (Fsp3) is 0.200. The quantitative estimate of drug-likeness (QED) is 0.702. The monoisotopic (exact) mass is 228 g/mol. The number of rotatable bonds is 1. The lowest BCUT2D eigenvalue weighted by Crippen LogP contribution is -2.01. The molecule has 0 radical (unpaired) electrons. The lowest BCUT2D eigenvalue weighted by atomic mass is 10.1. The molecule has 88 valence electrons. The first-order chi connectivity index (χ1) is 8.02. The Morgan fingerprint density at radius 2 is 1.35 bits per heavy atom. The summed E-state index contributed by atoms with van der Waals surface area (Å²) >= 11 is 0. The first kappa shape index (κ1) is 13.1. The zero-order valence-corrected chi connectivity index (χ0v) is 10.4. The Bertz CT molecular complexity index is 524. The van der Waals surface area contributed by atoms with E-state index in [0.717, 1.165) is 0 Å². The van der Waals surface area contributed by atoms with Crippen LogP contribution in [-0.4, -0.2) is 11.6 Å². The minimum absolute atomic E-state index is 0.380. The van der Waals surface area contributed by atoms with Gasteiger partial charge in [0.25, 0.3) is 0 Å². The van der Waals surface area contributed by atoms with Gasteiger partial charge < -0.3 is 0 Å². The van der Waals surface area contributed by atoms with Gasteiger partial charge in [0, 0.05) is 13.8 Å². The summed E-state index contributed by atoms with van der Waals surface area (Å²) in [5, 5.41) is 2.68. The molecule has 0 N–H and O–H groups in total. The predicted molar refractivity (Wildman–Crippen MR) is 70.0 cm³/mol. The zero-order valence-electron chi connectivity index (χ0n) is 10.4. The summed E-state index contributed by atoms with van der Waals surface area (Å²) < 4.78 is 0. The van der Waals surface area contributed by atoms with Crippen molar-refractivity contribution in [1.82, 2.24) is 0 Å². The van der Waals surface area contributed by atoms with Crippen molar-refractivity contribution in [3.63, 3.8) is 0 Å². The van der Waals surface area contributed by atoms with E-state index in [1.54, 1.807) is 0 Å². The summed E-state index contributed by atoms with van der Waals surface area (Å²) in [5.74, 6) is -0.759. The third-order valence-electron chi connectivity index (χ3n) is 2.50. The first-order valence-electron chi connectivity index (χ1n) is 5.48. The molecule has 0 saturated carbocycles. The second-order valence-corrected chi connectivity index (χ2v) is 3.91. The van der Waals surface area contributed by atoms with E-state index >= 15 is 0 Å². The van der Waals surface area contributed by atoms with Gasteiger partial charge in [0.15, 0.2) is 11.6 Å². The van der Waals surface area contributed by atoms with Crippen LogP contribution in [-0.2, 0) is 9.59 Å². The van der Waals surface area contributed by atoms with Crippen molar-refractivity contribution in [3.8, 4) is 0 Å². The fourth-order valence-corrected chi connectivity index (χ4v) is 1.39. The smallest absolute Gasteiger partial charge is 0.195 e. The molecule has 2 aromatic rings. The van der Waals surface area contributed by atoms with Crippen LogP contribution in [0.2, 0.25) is 0 Å². The molecule has 0 spiro atoms. The van der Waals surface area contributed by atoms with Crippen molar-refractivity contribution in [2.24, 2.45) is 0 Å². The molecule has 2 rings (SSSR count). The van der Waals surface area contributed by atoms with Gasteiger partial charge in [-0.1, -0.05) is 42.5 Å². The summed E-state index contributed by atoms with van der Waals surface area (Å²) in [6.07, 6.45) is 0. The highest BCUT2D eigenvalue weighted by Crippen LogP contribution is 2.16. The van der Waals surface area contributed by atoms with E-state index in [0.29, 0.717) is 0 Å². The molecule has 0 unspecified atom stereocenters. The van der Waals surface area contributed by atoms with Crippen molar-refractivity contribution in [2.45, 2.75) is 20.8 Å². The number of Topliss-reactive ketones (excluding diaryl/α,β-unsaturated/α-hetero) is 2. The molecule has 0 aliphatic rings. The maximum absolute atomic E-state index is 9.79. The number of benzene rings is 2. The predicted octanol–water partition coefficient (Wildman–Crippen LogP) is 3.31. The van der Waals surface area contributed by atoms with Crippen LogP contribution in [0.3, 0.4) is 0 Å². The van der Waals surface area contributed by atoms with E-state index < -0.39 is 0 Å². The zero-order chi connectivity index (χ0) is 12.8. The maximum atomic E-state index is 9.79. The lowest BCUT2D eigenvalue weighted by molar-refractivity contribution is -0.134. The number of ketones is 2. The first-order valence-corrected chi connectivity index (χ1v) is 5.48. The summed E-state index contributed by atoms with van der Waals surface area (Å²) in [6, 6.07) is 14.8. The van der Waals surface area contributed by atoms with E-state index in [1.165, 1.54) is 30.2 Å². The van der Waals surface area contributed by atoms with Crippen LogP contribution in [0.15, 0.2) is 42.5 Å². The summed E-state index contributed by atoms with van der Waals surface area (Å²) in [7, 11) is 0. The van der Waals surface area contributed by atoms with Crippen LogP contribution < -0.4 is 0 Å². The van der Waals surface area contributed by atoms with Crippen molar-refractivity contribution in [2.75, 3.05) is 0 Å². The van der Waals surface area contributed by atoms with Crippen molar-refractivity contribution < 1.29 is 9.59 Å². The van der Waals surface area contributed by atoms with E-state index in [1.807, 2.05) is 0 Å². The summed E-state index contributed by atoms with van der Waals surface area (Å²) in [6.45, 7) is 4.65. The highest BCUT2D eigenvalue weighted by Gasteiger charge is 1.94. The van der Waals surface area contributed by atoms with Gasteiger partial charge in [0.05, 0.1) is 0 Å². The minimum atomic E-state index is -0.380. The molecule has 17 heavy (non-hydrogen) atoms. The standard InChI is InChI=1S/C11H10.C4H6O2/c1-9-5-4-7-10-6-2-3-8-11(9)10;1-3(5)4(2)6/h2-8H,1H3;1-2H3. The minimum Gasteiger partial charge on any atom is -0.291 e. The molecule has 0 aliphatic heterocycles. The van der Waals surface area contributed by atoms with E-state index in [2.05, 4.69) is 49.4 Å². The molecule has 0 amide bonds. The van der Waals surface area contributed by atoms with Gasteiger partial charge in [-0.2, -0.15) is 0 Å². The molecular weight excluding hydrogens is 212 g/mol. The number of carbonyl (C=O) groups is 2. The van der Waals surface area contributed by atoms with E-state index in [-0.39, 0.29) is 11.6 Å². The van der Waals surface area contributed by atoms with Crippen LogP contribution in [0.5, 0.6) is 0 Å². The third kappa shape index (κ3) is 3.83. The molecule has 2 nitrogen and oxygen atoms in total. The molecule has 2 heteroatoms. The molecule has 0 aromatic heterocycles. The second-order valence-electron chi connectivity index (χ2n) is 3.91. The Kier molecular flexibility index (Phi) is 4.58. The molecule has 0 atom stereocenters. The molecule has 0 heterocycles. The average Bonchev–Trinajstić information content (AvgIpc) is 2.30. The number of hydrogen-bond acceptors (Lipinski definition) is 2. The van der Waals surface area contributed by atoms with Gasteiger partial charge in [-0.25, -0.2) is 0 Å². The largest absolute Gasteiger partial charge is 0.291 e. The Labute approximate surface area is 101 Å². The number of carbonyl (C=O) groups excluding carboxylic acids is 2. The third-order valence-corrected chi connectivity index (χ3v) is 2.50. The van der Waals surface area contributed by atoms with Gasteiger partial charge >= 0.3 is 0 Å². The number of fused-ring (bicyclic) bond motifs is 1. The van der Waals surface area contributed by atoms with Gasteiger partial charge in [0.2, 0.25) is 0 Å². The normalized spacial score (nSPS) is 9.35. The highest BCUT2D eigenvalue weighted by atomic mass is 16.2. The molecule has 0 aliphatic carbocycles. The Hall–Kier alpha value is -1.96.